The molecule has 1 aliphatic rings. The Balaban J connectivity index is 1.74. The lowest BCUT2D eigenvalue weighted by Crippen LogP contribution is -2.44. The Kier molecular flexibility index (Phi) is 3.71. The lowest BCUT2D eigenvalue weighted by atomic mass is 9.95. The maximum absolute atomic E-state index is 13.3. The summed E-state index contributed by atoms with van der Waals surface area (Å²) in [5, 5.41) is 6.03. The molecule has 108 valence electrons. The highest BCUT2D eigenvalue weighted by Crippen LogP contribution is 2.19. The third kappa shape index (κ3) is 2.95. The first-order valence-electron chi connectivity index (χ1n) is 7.00. The van der Waals surface area contributed by atoms with E-state index in [0.29, 0.717) is 18.7 Å². The largest absolute Gasteiger partial charge is 0.324 e. The zero-order valence-electron chi connectivity index (χ0n) is 11.8. The van der Waals surface area contributed by atoms with Crippen LogP contribution in [-0.4, -0.2) is 11.9 Å². The normalized spacial score (nSPS) is 17.1. The van der Waals surface area contributed by atoms with Crippen LogP contribution in [0.25, 0.3) is 0 Å². The lowest BCUT2D eigenvalue weighted by Gasteiger charge is -2.25. The van der Waals surface area contributed by atoms with Crippen molar-refractivity contribution in [3.8, 4) is 0 Å². The van der Waals surface area contributed by atoms with Gasteiger partial charge in [0.05, 0.1) is 6.04 Å². The van der Waals surface area contributed by atoms with Gasteiger partial charge in [-0.15, -0.1) is 0 Å². The molecule has 2 N–H and O–H groups in total. The van der Waals surface area contributed by atoms with Crippen LogP contribution in [0.15, 0.2) is 42.5 Å². The molecule has 4 heteroatoms. The van der Waals surface area contributed by atoms with Crippen molar-refractivity contribution in [2.45, 2.75) is 25.9 Å². The van der Waals surface area contributed by atoms with Gasteiger partial charge in [0.1, 0.15) is 5.82 Å². The molecule has 2 aromatic carbocycles. The number of carbonyl (C=O) groups is 1. The number of hydrogen-bond donors (Lipinski definition) is 2. The summed E-state index contributed by atoms with van der Waals surface area (Å²) in [6.45, 7) is 2.52. The molecular weight excluding hydrogens is 267 g/mol. The van der Waals surface area contributed by atoms with Gasteiger partial charge in [-0.3, -0.25) is 4.79 Å². The van der Waals surface area contributed by atoms with Crippen molar-refractivity contribution in [3.63, 3.8) is 0 Å². The molecule has 2 aromatic rings. The Bertz CT molecular complexity index is 684. The smallest absolute Gasteiger partial charge is 0.241 e. The second-order valence-corrected chi connectivity index (χ2v) is 5.35. The molecular formula is C17H17FN2O. The lowest BCUT2D eigenvalue weighted by molar-refractivity contribution is -0.118. The number of fused-ring (bicyclic) bond motifs is 1. The van der Waals surface area contributed by atoms with Crippen LogP contribution in [-0.2, 0) is 17.8 Å². The fourth-order valence-electron chi connectivity index (χ4n) is 2.59. The number of aryl methyl sites for hydroxylation is 1. The van der Waals surface area contributed by atoms with Gasteiger partial charge < -0.3 is 10.6 Å². The maximum atomic E-state index is 13.3. The summed E-state index contributed by atoms with van der Waals surface area (Å²) in [6.07, 6.45) is 0.649. The topological polar surface area (TPSA) is 41.1 Å². The number of hydrogen-bond acceptors (Lipinski definition) is 2. The summed E-state index contributed by atoms with van der Waals surface area (Å²) in [4.78, 5) is 12.3. The third-order valence-corrected chi connectivity index (χ3v) is 3.86. The van der Waals surface area contributed by atoms with Crippen LogP contribution in [0.2, 0.25) is 0 Å². The van der Waals surface area contributed by atoms with E-state index in [1.165, 1.54) is 23.3 Å². The molecule has 0 radical (unpaired) electrons. The van der Waals surface area contributed by atoms with Crippen LogP contribution in [0.3, 0.4) is 0 Å². The number of halogens is 1. The van der Waals surface area contributed by atoms with Gasteiger partial charge in [-0.05, 0) is 42.2 Å². The highest BCUT2D eigenvalue weighted by Gasteiger charge is 2.24. The summed E-state index contributed by atoms with van der Waals surface area (Å²) < 4.78 is 13.3. The summed E-state index contributed by atoms with van der Waals surface area (Å²) in [5.74, 6) is -0.476. The molecule has 1 aliphatic heterocycles. The van der Waals surface area contributed by atoms with E-state index in [9.17, 15) is 9.18 Å². The molecule has 1 amide bonds. The molecule has 1 atom stereocenters. The van der Waals surface area contributed by atoms with E-state index in [1.54, 1.807) is 6.07 Å². The zero-order chi connectivity index (χ0) is 14.8. The fourth-order valence-corrected chi connectivity index (χ4v) is 2.59. The van der Waals surface area contributed by atoms with Crippen LogP contribution >= 0.6 is 0 Å². The van der Waals surface area contributed by atoms with Gasteiger partial charge in [-0.25, -0.2) is 4.39 Å². The van der Waals surface area contributed by atoms with Crippen LogP contribution in [0, 0.1) is 12.7 Å². The van der Waals surface area contributed by atoms with E-state index in [-0.39, 0.29) is 17.8 Å². The number of benzene rings is 2. The first-order chi connectivity index (χ1) is 10.1. The molecule has 0 aliphatic carbocycles. The van der Waals surface area contributed by atoms with E-state index in [4.69, 9.17) is 0 Å². The van der Waals surface area contributed by atoms with Gasteiger partial charge in [0, 0.05) is 12.2 Å². The summed E-state index contributed by atoms with van der Waals surface area (Å²) in [6, 6.07) is 12.2. The Morgan fingerprint density at radius 1 is 1.24 bits per heavy atom. The number of carbonyl (C=O) groups excluding carboxylic acids is 1. The Morgan fingerprint density at radius 3 is 2.81 bits per heavy atom. The van der Waals surface area contributed by atoms with Crippen LogP contribution in [0.5, 0.6) is 0 Å². The minimum atomic E-state index is -0.349. The standard InChI is InChI=1S/C17H17FN2O/c1-11-6-7-14(18)9-15(11)20-17(21)16-8-12-4-2-3-5-13(12)10-19-16/h2-7,9,16,19H,8,10H2,1H3,(H,20,21)/t16-/m0/s1. The molecule has 0 aromatic heterocycles. The summed E-state index contributed by atoms with van der Waals surface area (Å²) in [5.41, 5.74) is 3.79. The second-order valence-electron chi connectivity index (χ2n) is 5.35. The van der Waals surface area contributed by atoms with E-state index >= 15 is 0 Å². The minimum Gasteiger partial charge on any atom is -0.324 e. The number of amides is 1. The van der Waals surface area contributed by atoms with Gasteiger partial charge in [0.25, 0.3) is 0 Å². The molecule has 0 fully saturated rings. The molecule has 0 saturated heterocycles. The van der Waals surface area contributed by atoms with E-state index in [0.717, 1.165) is 5.56 Å². The van der Waals surface area contributed by atoms with Crippen molar-refractivity contribution in [1.82, 2.24) is 5.32 Å². The molecule has 3 rings (SSSR count). The van der Waals surface area contributed by atoms with Crippen molar-refractivity contribution < 1.29 is 9.18 Å². The minimum absolute atomic E-state index is 0.127. The highest BCUT2D eigenvalue weighted by molar-refractivity contribution is 5.95. The molecule has 0 unspecified atom stereocenters. The van der Waals surface area contributed by atoms with Crippen LogP contribution < -0.4 is 10.6 Å². The maximum Gasteiger partial charge on any atom is 0.241 e. The summed E-state index contributed by atoms with van der Waals surface area (Å²) >= 11 is 0. The Morgan fingerprint density at radius 2 is 2.00 bits per heavy atom. The predicted octanol–water partition coefficient (Wildman–Crippen LogP) is 2.79. The Labute approximate surface area is 123 Å². The Hall–Kier alpha value is -2.20. The fraction of sp³-hybridized carbons (Fsp3) is 0.235. The van der Waals surface area contributed by atoms with Crippen molar-refractivity contribution in [2.75, 3.05) is 5.32 Å². The van der Waals surface area contributed by atoms with Crippen LogP contribution in [0.1, 0.15) is 16.7 Å². The van der Waals surface area contributed by atoms with Crippen molar-refractivity contribution in [3.05, 3.63) is 65.0 Å². The average Bonchev–Trinajstić information content (AvgIpc) is 2.50. The number of anilines is 1. The van der Waals surface area contributed by atoms with Gasteiger partial charge in [-0.2, -0.15) is 0 Å². The molecule has 0 saturated carbocycles. The van der Waals surface area contributed by atoms with Gasteiger partial charge in [-0.1, -0.05) is 30.3 Å². The number of rotatable bonds is 2. The molecule has 1 heterocycles. The predicted molar refractivity (Wildman–Crippen MR) is 80.5 cm³/mol. The second kappa shape index (κ2) is 5.66. The molecule has 0 spiro atoms. The van der Waals surface area contributed by atoms with E-state index < -0.39 is 0 Å². The molecule has 3 nitrogen and oxygen atoms in total. The molecule has 21 heavy (non-hydrogen) atoms. The zero-order valence-corrected chi connectivity index (χ0v) is 11.8. The first-order valence-corrected chi connectivity index (χ1v) is 7.00. The third-order valence-electron chi connectivity index (χ3n) is 3.86. The van der Waals surface area contributed by atoms with Crippen molar-refractivity contribution in [2.24, 2.45) is 0 Å². The summed E-state index contributed by atoms with van der Waals surface area (Å²) in [7, 11) is 0. The average molecular weight is 284 g/mol. The SMILES string of the molecule is Cc1ccc(F)cc1NC(=O)[C@@H]1Cc2ccccc2CN1. The van der Waals surface area contributed by atoms with E-state index in [2.05, 4.69) is 16.7 Å². The van der Waals surface area contributed by atoms with Gasteiger partial charge in [0.2, 0.25) is 5.91 Å². The van der Waals surface area contributed by atoms with E-state index in [1.807, 2.05) is 25.1 Å². The molecule has 0 bridgehead atoms. The van der Waals surface area contributed by atoms with Crippen molar-refractivity contribution in [1.29, 1.82) is 0 Å². The highest BCUT2D eigenvalue weighted by atomic mass is 19.1. The monoisotopic (exact) mass is 284 g/mol. The first kappa shape index (κ1) is 13.8. The van der Waals surface area contributed by atoms with Gasteiger partial charge >= 0.3 is 0 Å². The number of nitrogens with one attached hydrogen (secondary N) is 2. The van der Waals surface area contributed by atoms with Gasteiger partial charge in [0.15, 0.2) is 0 Å². The van der Waals surface area contributed by atoms with Crippen LogP contribution in [0.4, 0.5) is 10.1 Å². The quantitative estimate of drug-likeness (QED) is 0.890. The van der Waals surface area contributed by atoms with Crippen molar-refractivity contribution >= 4 is 11.6 Å².